The number of aliphatic hydroxyl groups excluding tert-OH is 1. The van der Waals surface area contributed by atoms with Crippen LogP contribution in [0, 0.1) is 0 Å². The lowest BCUT2D eigenvalue weighted by Gasteiger charge is -2.24. The number of hydrogen-bond donors (Lipinski definition) is 2. The highest BCUT2D eigenvalue weighted by molar-refractivity contribution is 9.10. The first kappa shape index (κ1) is 16.1. The maximum absolute atomic E-state index is 9.92. The zero-order valence-electron chi connectivity index (χ0n) is 11.8. The number of nitrogens with one attached hydrogen (secondary N) is 1. The second-order valence-corrected chi connectivity index (χ2v) is 8.05. The third-order valence-electron chi connectivity index (χ3n) is 3.44. The number of rotatable bonds is 7. The van der Waals surface area contributed by atoms with E-state index in [-0.39, 0.29) is 0 Å². The van der Waals surface area contributed by atoms with E-state index < -0.39 is 6.10 Å². The predicted molar refractivity (Wildman–Crippen MR) is 88.6 cm³/mol. The summed E-state index contributed by atoms with van der Waals surface area (Å²) in [4.78, 5) is 0. The van der Waals surface area contributed by atoms with E-state index in [9.17, 15) is 5.11 Å². The molecule has 1 aromatic carbocycles. The molecule has 112 valence electrons. The van der Waals surface area contributed by atoms with Gasteiger partial charge in [-0.1, -0.05) is 15.9 Å². The first-order valence-corrected chi connectivity index (χ1v) is 8.76. The summed E-state index contributed by atoms with van der Waals surface area (Å²) in [6, 6.07) is 7.64. The van der Waals surface area contributed by atoms with Gasteiger partial charge in [-0.2, -0.15) is 11.8 Å². The molecule has 1 heterocycles. The lowest BCUT2D eigenvalue weighted by atomic mass is 10.1. The second kappa shape index (κ2) is 7.69. The van der Waals surface area contributed by atoms with Crippen LogP contribution in [-0.2, 0) is 0 Å². The van der Waals surface area contributed by atoms with E-state index in [1.165, 1.54) is 18.6 Å². The van der Waals surface area contributed by atoms with Gasteiger partial charge < -0.3 is 15.2 Å². The summed E-state index contributed by atoms with van der Waals surface area (Å²) in [7, 11) is 0. The van der Waals surface area contributed by atoms with Crippen LogP contribution in [-0.4, -0.2) is 41.4 Å². The van der Waals surface area contributed by atoms with Crippen molar-refractivity contribution in [2.75, 3.05) is 25.4 Å². The highest BCUT2D eigenvalue weighted by Gasteiger charge is 2.28. The summed E-state index contributed by atoms with van der Waals surface area (Å²) in [6.45, 7) is 4.14. The molecular weight excluding hydrogens is 338 g/mol. The Hall–Kier alpha value is -0.230. The van der Waals surface area contributed by atoms with Crippen molar-refractivity contribution in [3.63, 3.8) is 0 Å². The normalized spacial score (nSPS) is 23.8. The monoisotopic (exact) mass is 359 g/mol. The van der Waals surface area contributed by atoms with Crippen molar-refractivity contribution in [3.05, 3.63) is 28.7 Å². The minimum absolute atomic E-state index is 0.318. The van der Waals surface area contributed by atoms with E-state index in [1.807, 2.05) is 36.0 Å². The summed E-state index contributed by atoms with van der Waals surface area (Å²) in [5, 5.41) is 13.3. The standard InChI is InChI=1S/C15H22BrNO2S/c1-15(7-2-8-20-15)11-17-9-13(18)10-19-14-5-3-12(16)4-6-14/h3-6,13,17-18H,2,7-11H2,1H3. The van der Waals surface area contributed by atoms with E-state index in [0.29, 0.717) is 17.9 Å². The van der Waals surface area contributed by atoms with E-state index in [2.05, 4.69) is 28.2 Å². The molecule has 1 aliphatic rings. The summed E-state index contributed by atoms with van der Waals surface area (Å²) in [6.07, 6.45) is 2.09. The Morgan fingerprint density at radius 1 is 1.45 bits per heavy atom. The van der Waals surface area contributed by atoms with Gasteiger partial charge in [0.15, 0.2) is 0 Å². The maximum Gasteiger partial charge on any atom is 0.119 e. The Morgan fingerprint density at radius 3 is 2.85 bits per heavy atom. The average molecular weight is 360 g/mol. The van der Waals surface area contributed by atoms with Crippen molar-refractivity contribution in [1.82, 2.24) is 5.32 Å². The van der Waals surface area contributed by atoms with Crippen molar-refractivity contribution in [2.24, 2.45) is 0 Å². The molecule has 1 aliphatic heterocycles. The van der Waals surface area contributed by atoms with Crippen molar-refractivity contribution in [2.45, 2.75) is 30.6 Å². The Bertz CT molecular complexity index is 407. The SMILES string of the molecule is CC1(CNCC(O)COc2ccc(Br)cc2)CCCS1. The van der Waals surface area contributed by atoms with Crippen LogP contribution >= 0.6 is 27.7 Å². The summed E-state index contributed by atoms with van der Waals surface area (Å²) in [5.41, 5.74) is 0. The van der Waals surface area contributed by atoms with Gasteiger partial charge in [0.05, 0.1) is 0 Å². The zero-order chi connectivity index (χ0) is 14.4. The zero-order valence-corrected chi connectivity index (χ0v) is 14.2. The Labute approximate surface area is 133 Å². The molecule has 1 fully saturated rings. The molecule has 0 aliphatic carbocycles. The minimum Gasteiger partial charge on any atom is -0.491 e. The second-order valence-electron chi connectivity index (χ2n) is 5.45. The third kappa shape index (κ3) is 5.28. The van der Waals surface area contributed by atoms with Gasteiger partial charge in [0.25, 0.3) is 0 Å². The van der Waals surface area contributed by atoms with E-state index >= 15 is 0 Å². The maximum atomic E-state index is 9.92. The van der Waals surface area contributed by atoms with Crippen LogP contribution in [0.5, 0.6) is 5.75 Å². The van der Waals surface area contributed by atoms with E-state index in [1.54, 1.807) is 0 Å². The van der Waals surface area contributed by atoms with Gasteiger partial charge in [-0.05, 0) is 49.8 Å². The predicted octanol–water partition coefficient (Wildman–Crippen LogP) is 3.06. The van der Waals surface area contributed by atoms with Gasteiger partial charge in [-0.15, -0.1) is 0 Å². The molecule has 20 heavy (non-hydrogen) atoms. The van der Waals surface area contributed by atoms with Crippen molar-refractivity contribution >= 4 is 27.7 Å². The van der Waals surface area contributed by atoms with Crippen LogP contribution in [0.15, 0.2) is 28.7 Å². The molecule has 0 amide bonds. The lowest BCUT2D eigenvalue weighted by molar-refractivity contribution is 0.106. The number of benzene rings is 1. The fraction of sp³-hybridized carbons (Fsp3) is 0.600. The number of thioether (sulfide) groups is 1. The Kier molecular flexibility index (Phi) is 6.20. The lowest BCUT2D eigenvalue weighted by Crippen LogP contribution is -2.39. The fourth-order valence-electron chi connectivity index (χ4n) is 2.26. The summed E-state index contributed by atoms with van der Waals surface area (Å²) in [5.74, 6) is 2.04. The van der Waals surface area contributed by atoms with Gasteiger partial charge in [0.2, 0.25) is 0 Å². The molecule has 2 rings (SSSR count). The molecule has 1 aromatic rings. The van der Waals surface area contributed by atoms with Gasteiger partial charge in [-0.3, -0.25) is 0 Å². The quantitative estimate of drug-likeness (QED) is 0.784. The first-order valence-electron chi connectivity index (χ1n) is 6.98. The molecule has 0 radical (unpaired) electrons. The van der Waals surface area contributed by atoms with Crippen LogP contribution < -0.4 is 10.1 Å². The van der Waals surface area contributed by atoms with Crippen molar-refractivity contribution in [1.29, 1.82) is 0 Å². The number of halogens is 1. The van der Waals surface area contributed by atoms with Crippen molar-refractivity contribution < 1.29 is 9.84 Å². The van der Waals surface area contributed by atoms with Crippen LogP contribution in [0.3, 0.4) is 0 Å². The molecule has 5 heteroatoms. The minimum atomic E-state index is -0.478. The number of ether oxygens (including phenoxy) is 1. The topological polar surface area (TPSA) is 41.5 Å². The molecule has 2 unspecified atom stereocenters. The fourth-order valence-corrected chi connectivity index (χ4v) is 3.80. The Balaban J connectivity index is 1.62. The molecule has 1 saturated heterocycles. The highest BCUT2D eigenvalue weighted by Crippen LogP contribution is 2.36. The van der Waals surface area contributed by atoms with Crippen molar-refractivity contribution in [3.8, 4) is 5.75 Å². The molecule has 0 aromatic heterocycles. The highest BCUT2D eigenvalue weighted by atomic mass is 79.9. The van der Waals surface area contributed by atoms with Gasteiger partial charge in [-0.25, -0.2) is 0 Å². The smallest absolute Gasteiger partial charge is 0.119 e. The van der Waals surface area contributed by atoms with Gasteiger partial charge in [0, 0.05) is 22.3 Å². The largest absolute Gasteiger partial charge is 0.491 e. The number of aliphatic hydroxyl groups is 1. The molecule has 3 nitrogen and oxygen atoms in total. The van der Waals surface area contributed by atoms with Crippen LogP contribution in [0.2, 0.25) is 0 Å². The first-order chi connectivity index (χ1) is 9.57. The van der Waals surface area contributed by atoms with Gasteiger partial charge >= 0.3 is 0 Å². The van der Waals surface area contributed by atoms with Crippen LogP contribution in [0.4, 0.5) is 0 Å². The van der Waals surface area contributed by atoms with E-state index in [0.717, 1.165) is 16.8 Å². The molecule has 0 bridgehead atoms. The van der Waals surface area contributed by atoms with Crippen LogP contribution in [0.1, 0.15) is 19.8 Å². The molecule has 2 atom stereocenters. The van der Waals surface area contributed by atoms with E-state index in [4.69, 9.17) is 4.74 Å². The average Bonchev–Trinajstić information content (AvgIpc) is 2.85. The third-order valence-corrected chi connectivity index (χ3v) is 5.50. The molecule has 2 N–H and O–H groups in total. The Morgan fingerprint density at radius 2 is 2.20 bits per heavy atom. The van der Waals surface area contributed by atoms with Gasteiger partial charge in [0.1, 0.15) is 18.5 Å². The molecule has 0 saturated carbocycles. The molecular formula is C15H22BrNO2S. The number of hydrogen-bond acceptors (Lipinski definition) is 4. The summed E-state index contributed by atoms with van der Waals surface area (Å²) < 4.78 is 6.92. The summed E-state index contributed by atoms with van der Waals surface area (Å²) >= 11 is 5.41. The molecule has 0 spiro atoms. The van der Waals surface area contributed by atoms with Crippen LogP contribution in [0.25, 0.3) is 0 Å².